The van der Waals surface area contributed by atoms with Crippen molar-refractivity contribution in [2.75, 3.05) is 0 Å². The lowest BCUT2D eigenvalue weighted by atomic mass is 9.93. The van der Waals surface area contributed by atoms with E-state index >= 15 is 0 Å². The molecule has 7 nitrogen and oxygen atoms in total. The van der Waals surface area contributed by atoms with Gasteiger partial charge in [0.2, 0.25) is 0 Å². The van der Waals surface area contributed by atoms with Gasteiger partial charge in [0.05, 0.1) is 22.1 Å². The van der Waals surface area contributed by atoms with Crippen LogP contribution in [0.3, 0.4) is 0 Å². The van der Waals surface area contributed by atoms with E-state index in [1.54, 1.807) is 0 Å². The predicted octanol–water partition coefficient (Wildman–Crippen LogP) is 18.2. The Balaban J connectivity index is 0.878. The van der Waals surface area contributed by atoms with Crippen LogP contribution >= 0.6 is 0 Å². The number of nitrogens with zero attached hydrogens (tertiary/aromatic N) is 5. The molecule has 0 fully saturated rings. The lowest BCUT2D eigenvalue weighted by Gasteiger charge is -2.14. The zero-order valence-electron chi connectivity index (χ0n) is 40.7. The van der Waals surface area contributed by atoms with Crippen molar-refractivity contribution < 1.29 is 8.83 Å². The molecule has 0 radical (unpaired) electrons. The molecule has 0 atom stereocenters. The van der Waals surface area contributed by atoms with Gasteiger partial charge in [0.1, 0.15) is 22.3 Å². The first kappa shape index (κ1) is 42.2. The molecule has 0 saturated heterocycles. The van der Waals surface area contributed by atoms with Crippen molar-refractivity contribution in [2.24, 2.45) is 0 Å². The van der Waals surface area contributed by atoms with E-state index in [4.69, 9.17) is 23.8 Å². The fourth-order valence-corrected chi connectivity index (χ4v) is 11.6. The normalized spacial score (nSPS) is 11.9. The Morgan fingerprint density at radius 2 is 0.645 bits per heavy atom. The van der Waals surface area contributed by atoms with Crippen molar-refractivity contribution in [2.45, 2.75) is 0 Å². The van der Waals surface area contributed by atoms with E-state index in [1.807, 2.05) is 60.7 Å². The van der Waals surface area contributed by atoms with Crippen LogP contribution in [0.15, 0.2) is 258 Å². The van der Waals surface area contributed by atoms with Crippen LogP contribution in [0.25, 0.3) is 155 Å². The zero-order valence-corrected chi connectivity index (χ0v) is 40.7. The number of para-hydroxylation sites is 4. The summed E-state index contributed by atoms with van der Waals surface area (Å²) < 4.78 is 18.4. The van der Waals surface area contributed by atoms with Gasteiger partial charge in [-0.3, -0.25) is 0 Å². The highest BCUT2D eigenvalue weighted by Gasteiger charge is 2.22. The van der Waals surface area contributed by atoms with Crippen molar-refractivity contribution in [3.8, 4) is 67.8 Å². The Morgan fingerprint density at radius 3 is 1.17 bits per heavy atom. The van der Waals surface area contributed by atoms with Gasteiger partial charge in [0.25, 0.3) is 0 Å². The number of hydrogen-bond donors (Lipinski definition) is 0. The molecule has 5 aromatic heterocycles. The summed E-state index contributed by atoms with van der Waals surface area (Å²) in [5, 5.41) is 8.90. The number of hydrogen-bond acceptors (Lipinski definition) is 5. The standard InChI is InChI=1S/C69H41N5O2/c1-5-17-42(18-6-1)67-70-68(43-19-7-2-8-20-43)72-69(71-67)58-35-44(45-30-33-52-56-38-61-54(40-65(56)75-63(52)36-45)50-25-13-15-27-59(50)73(61)47-21-9-3-10-22-47)29-32-49(58)46-31-34-53-57-39-62-55(41-66(57)76-64(53)37-46)51-26-14-16-28-60(51)74(62)48-23-11-4-12-24-48/h1-41H. The first-order valence-electron chi connectivity index (χ1n) is 25.6. The maximum atomic E-state index is 6.85. The van der Waals surface area contributed by atoms with E-state index in [9.17, 15) is 0 Å². The fourth-order valence-electron chi connectivity index (χ4n) is 11.6. The molecular formula is C69H41N5O2. The molecule has 76 heavy (non-hydrogen) atoms. The zero-order chi connectivity index (χ0) is 49.8. The molecule has 0 aliphatic heterocycles. The quantitative estimate of drug-likeness (QED) is 0.159. The summed E-state index contributed by atoms with van der Waals surface area (Å²) in [4.78, 5) is 15.6. The molecular weight excluding hydrogens is 931 g/mol. The third-order valence-corrected chi connectivity index (χ3v) is 15.2. The molecule has 0 aliphatic carbocycles. The summed E-state index contributed by atoms with van der Waals surface area (Å²) in [6.45, 7) is 0. The van der Waals surface area contributed by atoms with Crippen molar-refractivity contribution >= 4 is 87.5 Å². The topological polar surface area (TPSA) is 74.8 Å². The average Bonchev–Trinajstić information content (AvgIpc) is 4.25. The van der Waals surface area contributed by atoms with Crippen molar-refractivity contribution in [3.63, 3.8) is 0 Å². The molecule has 0 saturated carbocycles. The largest absolute Gasteiger partial charge is 0.456 e. The molecule has 0 amide bonds. The van der Waals surface area contributed by atoms with Gasteiger partial charge in [-0.15, -0.1) is 0 Å². The van der Waals surface area contributed by atoms with Crippen LogP contribution in [0, 0.1) is 0 Å². The van der Waals surface area contributed by atoms with Crippen LogP contribution in [0.2, 0.25) is 0 Å². The number of fused-ring (bicyclic) bond motifs is 12. The predicted molar refractivity (Wildman–Crippen MR) is 310 cm³/mol. The molecule has 11 aromatic carbocycles. The first-order chi connectivity index (χ1) is 37.6. The minimum Gasteiger partial charge on any atom is -0.456 e. The van der Waals surface area contributed by atoms with Gasteiger partial charge in [-0.25, -0.2) is 15.0 Å². The Morgan fingerprint density at radius 1 is 0.237 bits per heavy atom. The smallest absolute Gasteiger partial charge is 0.164 e. The van der Waals surface area contributed by atoms with Crippen LogP contribution in [0.1, 0.15) is 0 Å². The van der Waals surface area contributed by atoms with Crippen molar-refractivity contribution in [3.05, 3.63) is 249 Å². The van der Waals surface area contributed by atoms with E-state index in [1.165, 1.54) is 10.8 Å². The highest BCUT2D eigenvalue weighted by atomic mass is 16.3. The van der Waals surface area contributed by atoms with Gasteiger partial charge in [0, 0.05) is 71.2 Å². The molecule has 16 aromatic rings. The van der Waals surface area contributed by atoms with Crippen LogP contribution in [-0.4, -0.2) is 24.1 Å². The van der Waals surface area contributed by atoms with E-state index in [0.29, 0.717) is 17.5 Å². The van der Waals surface area contributed by atoms with Gasteiger partial charge in [-0.1, -0.05) is 158 Å². The number of rotatable bonds is 7. The second kappa shape index (κ2) is 16.6. The molecule has 0 bridgehead atoms. The van der Waals surface area contributed by atoms with Crippen molar-refractivity contribution in [1.82, 2.24) is 24.1 Å². The third-order valence-electron chi connectivity index (χ3n) is 15.2. The minimum atomic E-state index is 0.563. The molecule has 354 valence electrons. The minimum absolute atomic E-state index is 0.563. The Hall–Kier alpha value is -10.4. The SMILES string of the molecule is c1ccc(-c2nc(-c3ccccc3)nc(-c3cc(-c4ccc5c(c4)oc4cc6c7ccccc7n(-c7ccccc7)c6cc45)ccc3-c3ccc4c(c3)oc3cc5c6ccccc6n(-c6ccccc6)c5cc34)n2)cc1. The van der Waals surface area contributed by atoms with E-state index < -0.39 is 0 Å². The molecule has 0 unspecified atom stereocenters. The fraction of sp³-hybridized carbons (Fsp3) is 0. The molecule has 5 heterocycles. The van der Waals surface area contributed by atoms with Gasteiger partial charge < -0.3 is 18.0 Å². The second-order valence-electron chi connectivity index (χ2n) is 19.5. The average molecular weight is 972 g/mol. The lowest BCUT2D eigenvalue weighted by Crippen LogP contribution is -2.01. The summed E-state index contributed by atoms with van der Waals surface area (Å²) in [6.07, 6.45) is 0. The molecule has 7 heteroatoms. The summed E-state index contributed by atoms with van der Waals surface area (Å²) in [5.41, 5.74) is 16.8. The number of aromatic nitrogens is 5. The van der Waals surface area contributed by atoms with Gasteiger partial charge in [-0.2, -0.15) is 0 Å². The van der Waals surface area contributed by atoms with E-state index in [2.05, 4.69) is 197 Å². The monoisotopic (exact) mass is 971 g/mol. The Labute approximate surface area is 434 Å². The second-order valence-corrected chi connectivity index (χ2v) is 19.5. The maximum absolute atomic E-state index is 6.85. The van der Waals surface area contributed by atoms with Gasteiger partial charge in [0.15, 0.2) is 17.5 Å². The van der Waals surface area contributed by atoms with Crippen LogP contribution in [0.4, 0.5) is 0 Å². The van der Waals surface area contributed by atoms with Crippen LogP contribution in [-0.2, 0) is 0 Å². The maximum Gasteiger partial charge on any atom is 0.164 e. The number of furan rings is 2. The van der Waals surface area contributed by atoms with Crippen molar-refractivity contribution in [1.29, 1.82) is 0 Å². The molecule has 0 aliphatic rings. The lowest BCUT2D eigenvalue weighted by molar-refractivity contribution is 0.669. The Kier molecular flexibility index (Phi) is 9.20. The molecule has 16 rings (SSSR count). The van der Waals surface area contributed by atoms with Crippen LogP contribution < -0.4 is 0 Å². The summed E-state index contributed by atoms with van der Waals surface area (Å²) in [6, 6.07) is 87.3. The van der Waals surface area contributed by atoms with E-state index in [-0.39, 0.29) is 0 Å². The highest BCUT2D eigenvalue weighted by molar-refractivity contribution is 6.19. The summed E-state index contributed by atoms with van der Waals surface area (Å²) >= 11 is 0. The molecule has 0 spiro atoms. The van der Waals surface area contributed by atoms with Crippen LogP contribution in [0.5, 0.6) is 0 Å². The third kappa shape index (κ3) is 6.59. The van der Waals surface area contributed by atoms with Gasteiger partial charge >= 0.3 is 0 Å². The summed E-state index contributed by atoms with van der Waals surface area (Å²) in [7, 11) is 0. The highest BCUT2D eigenvalue weighted by Crippen LogP contribution is 2.44. The summed E-state index contributed by atoms with van der Waals surface area (Å²) in [5.74, 6) is 1.75. The number of benzene rings is 11. The first-order valence-corrected chi connectivity index (χ1v) is 25.6. The Bertz CT molecular complexity index is 4920. The van der Waals surface area contributed by atoms with Gasteiger partial charge in [-0.05, 0) is 113 Å². The molecule has 0 N–H and O–H groups in total. The van der Waals surface area contributed by atoms with E-state index in [0.717, 1.165) is 127 Å².